The van der Waals surface area contributed by atoms with Crippen molar-refractivity contribution in [2.45, 2.75) is 6.92 Å². The third-order valence-corrected chi connectivity index (χ3v) is 4.21. The maximum Gasteiger partial charge on any atom is 0.354 e. The lowest BCUT2D eigenvalue weighted by atomic mass is 10.2. The number of carboxylic acid groups (broad SMARTS) is 1. The second kappa shape index (κ2) is 7.41. The number of halogens is 1. The predicted molar refractivity (Wildman–Crippen MR) is 99.0 cm³/mol. The fourth-order valence-electron chi connectivity index (χ4n) is 2.44. The van der Waals surface area contributed by atoms with Gasteiger partial charge in [-0.3, -0.25) is 4.79 Å². The first-order chi connectivity index (χ1) is 12.5. The molecule has 0 aliphatic heterocycles. The van der Waals surface area contributed by atoms with Gasteiger partial charge in [0.25, 0.3) is 5.91 Å². The van der Waals surface area contributed by atoms with Crippen molar-refractivity contribution in [3.63, 3.8) is 0 Å². The second-order valence-corrected chi connectivity index (χ2v) is 5.98. The molecule has 2 aromatic carbocycles. The summed E-state index contributed by atoms with van der Waals surface area (Å²) in [6.45, 7) is 1.52. The Morgan fingerprint density at radius 3 is 2.73 bits per heavy atom. The third kappa shape index (κ3) is 3.75. The Morgan fingerprint density at radius 2 is 1.96 bits per heavy atom. The Bertz CT molecular complexity index is 1000. The van der Waals surface area contributed by atoms with Gasteiger partial charge in [-0.1, -0.05) is 29.8 Å². The number of carboxylic acids is 1. The topological polar surface area (TPSA) is 88.5 Å². The van der Waals surface area contributed by atoms with Gasteiger partial charge in [0.15, 0.2) is 12.3 Å². The fraction of sp³-hybridized carbons (Fsp3) is 0.105. The predicted octanol–water partition coefficient (Wildman–Crippen LogP) is 3.91. The Morgan fingerprint density at radius 1 is 1.19 bits per heavy atom. The molecule has 2 N–H and O–H groups in total. The number of aromatic carboxylic acids is 1. The number of amides is 1. The normalized spacial score (nSPS) is 10.5. The summed E-state index contributed by atoms with van der Waals surface area (Å²) < 4.78 is 5.57. The first-order valence-electron chi connectivity index (χ1n) is 7.76. The number of nitrogens with zero attached hydrogens (tertiary/aromatic N) is 1. The molecule has 0 aliphatic carbocycles. The van der Waals surface area contributed by atoms with Crippen LogP contribution in [0.5, 0.6) is 5.75 Å². The summed E-state index contributed by atoms with van der Waals surface area (Å²) in [4.78, 5) is 27.5. The summed E-state index contributed by atoms with van der Waals surface area (Å²) >= 11 is 6.04. The average molecular weight is 371 g/mol. The molecule has 0 fully saturated rings. The van der Waals surface area contributed by atoms with Gasteiger partial charge in [-0.05, 0) is 36.8 Å². The number of anilines is 1. The van der Waals surface area contributed by atoms with E-state index in [0.29, 0.717) is 21.6 Å². The van der Waals surface area contributed by atoms with E-state index < -0.39 is 5.97 Å². The number of nitrogens with one attached hydrogen (secondary N) is 1. The minimum atomic E-state index is -1.17. The fourth-order valence-corrected chi connectivity index (χ4v) is 2.62. The van der Waals surface area contributed by atoms with Crippen LogP contribution in [0, 0.1) is 6.92 Å². The number of benzene rings is 2. The van der Waals surface area contributed by atoms with E-state index >= 15 is 0 Å². The lowest BCUT2D eigenvalue weighted by Gasteiger charge is -2.12. The van der Waals surface area contributed by atoms with Crippen LogP contribution in [0.4, 0.5) is 5.69 Å². The molecule has 3 rings (SSSR count). The summed E-state index contributed by atoms with van der Waals surface area (Å²) in [5, 5.41) is 13.1. The second-order valence-electron chi connectivity index (χ2n) is 5.58. The molecule has 1 amide bonds. The van der Waals surface area contributed by atoms with Crippen LogP contribution in [0.15, 0.2) is 48.5 Å². The molecule has 0 spiro atoms. The van der Waals surface area contributed by atoms with E-state index in [1.165, 1.54) is 6.07 Å². The van der Waals surface area contributed by atoms with Crippen LogP contribution < -0.4 is 10.1 Å². The van der Waals surface area contributed by atoms with Crippen molar-refractivity contribution < 1.29 is 19.4 Å². The number of ether oxygens (including phenoxy) is 1. The molecule has 0 saturated carbocycles. The zero-order chi connectivity index (χ0) is 18.7. The highest BCUT2D eigenvalue weighted by molar-refractivity contribution is 6.31. The van der Waals surface area contributed by atoms with Crippen molar-refractivity contribution in [1.82, 2.24) is 4.98 Å². The van der Waals surface area contributed by atoms with E-state index in [1.807, 2.05) is 0 Å². The van der Waals surface area contributed by atoms with Gasteiger partial charge in [0.1, 0.15) is 5.75 Å². The van der Waals surface area contributed by atoms with Gasteiger partial charge in [-0.15, -0.1) is 0 Å². The molecule has 26 heavy (non-hydrogen) atoms. The standard InChI is InChI=1S/C19H15ClN2O4/c1-11-13(20)6-4-8-14(11)22-18(23)10-26-17-9-16(19(24)25)21-15-7-3-2-5-12(15)17/h2-9H,10H2,1H3,(H,22,23)(H,24,25). The molecule has 132 valence electrons. The number of pyridine rings is 1. The monoisotopic (exact) mass is 370 g/mol. The van der Waals surface area contributed by atoms with E-state index in [4.69, 9.17) is 16.3 Å². The molecular formula is C19H15ClN2O4. The van der Waals surface area contributed by atoms with Crippen molar-refractivity contribution in [1.29, 1.82) is 0 Å². The molecule has 3 aromatic rings. The van der Waals surface area contributed by atoms with Crippen molar-refractivity contribution in [2.24, 2.45) is 0 Å². The number of hydrogen-bond acceptors (Lipinski definition) is 4. The maximum atomic E-state index is 12.2. The highest BCUT2D eigenvalue weighted by Gasteiger charge is 2.13. The SMILES string of the molecule is Cc1c(Cl)cccc1NC(=O)COc1cc(C(=O)O)nc2ccccc12. The van der Waals surface area contributed by atoms with Crippen molar-refractivity contribution in [3.05, 3.63) is 64.8 Å². The first kappa shape index (κ1) is 17.7. The van der Waals surface area contributed by atoms with Gasteiger partial charge in [0, 0.05) is 22.2 Å². The van der Waals surface area contributed by atoms with Crippen LogP contribution in [-0.2, 0) is 4.79 Å². The molecule has 0 radical (unpaired) electrons. The Balaban J connectivity index is 1.79. The van der Waals surface area contributed by atoms with Gasteiger partial charge in [-0.25, -0.2) is 9.78 Å². The number of fused-ring (bicyclic) bond motifs is 1. The Kier molecular flexibility index (Phi) is 5.04. The van der Waals surface area contributed by atoms with Gasteiger partial charge in [-0.2, -0.15) is 0 Å². The molecule has 0 aliphatic rings. The highest BCUT2D eigenvalue weighted by atomic mass is 35.5. The van der Waals surface area contributed by atoms with Crippen molar-refractivity contribution in [3.8, 4) is 5.75 Å². The zero-order valence-electron chi connectivity index (χ0n) is 13.8. The van der Waals surface area contributed by atoms with E-state index in [1.54, 1.807) is 49.4 Å². The molecule has 0 unspecified atom stereocenters. The number of carbonyl (C=O) groups is 2. The van der Waals surface area contributed by atoms with E-state index in [9.17, 15) is 14.7 Å². The highest BCUT2D eigenvalue weighted by Crippen LogP contribution is 2.26. The summed E-state index contributed by atoms with van der Waals surface area (Å²) in [7, 11) is 0. The smallest absolute Gasteiger partial charge is 0.354 e. The molecular weight excluding hydrogens is 356 g/mol. The largest absolute Gasteiger partial charge is 0.483 e. The minimum absolute atomic E-state index is 0.148. The quantitative estimate of drug-likeness (QED) is 0.710. The number of aromatic nitrogens is 1. The summed E-state index contributed by atoms with van der Waals surface area (Å²) in [6.07, 6.45) is 0. The van der Waals surface area contributed by atoms with E-state index in [0.717, 1.165) is 5.56 Å². The average Bonchev–Trinajstić information content (AvgIpc) is 2.63. The molecule has 0 saturated heterocycles. The molecule has 0 bridgehead atoms. The number of rotatable bonds is 5. The van der Waals surface area contributed by atoms with Crippen molar-refractivity contribution in [2.75, 3.05) is 11.9 Å². The van der Waals surface area contributed by atoms with Gasteiger partial charge in [0.2, 0.25) is 0 Å². The molecule has 1 aromatic heterocycles. The molecule has 7 heteroatoms. The molecule has 0 atom stereocenters. The number of hydrogen-bond donors (Lipinski definition) is 2. The van der Waals surface area contributed by atoms with E-state index in [2.05, 4.69) is 10.3 Å². The van der Waals surface area contributed by atoms with Crippen LogP contribution in [0.25, 0.3) is 10.9 Å². The minimum Gasteiger partial charge on any atom is -0.483 e. The van der Waals surface area contributed by atoms with Gasteiger partial charge < -0.3 is 15.2 Å². The van der Waals surface area contributed by atoms with Crippen LogP contribution in [0.1, 0.15) is 16.1 Å². The van der Waals surface area contributed by atoms with Gasteiger partial charge in [0.05, 0.1) is 5.52 Å². The Hall–Kier alpha value is -3.12. The zero-order valence-corrected chi connectivity index (χ0v) is 14.6. The Labute approximate surface area is 154 Å². The number of para-hydroxylation sites is 1. The van der Waals surface area contributed by atoms with Crippen LogP contribution in [0.3, 0.4) is 0 Å². The summed E-state index contributed by atoms with van der Waals surface area (Å²) in [5.74, 6) is -1.27. The van der Waals surface area contributed by atoms with E-state index in [-0.39, 0.29) is 24.0 Å². The van der Waals surface area contributed by atoms with Crippen LogP contribution in [0.2, 0.25) is 5.02 Å². The summed E-state index contributed by atoms with van der Waals surface area (Å²) in [5.41, 5.74) is 1.68. The molecule has 1 heterocycles. The van der Waals surface area contributed by atoms with Gasteiger partial charge >= 0.3 is 5.97 Å². The third-order valence-electron chi connectivity index (χ3n) is 3.80. The molecule has 6 nitrogen and oxygen atoms in total. The first-order valence-corrected chi connectivity index (χ1v) is 8.14. The van der Waals surface area contributed by atoms with Crippen molar-refractivity contribution >= 4 is 40.1 Å². The van der Waals surface area contributed by atoms with Crippen LogP contribution >= 0.6 is 11.6 Å². The lowest BCUT2D eigenvalue weighted by Crippen LogP contribution is -2.21. The number of carbonyl (C=O) groups excluding carboxylic acids is 1. The summed E-state index contributed by atoms with van der Waals surface area (Å²) in [6, 6.07) is 13.5. The van der Waals surface area contributed by atoms with Crippen LogP contribution in [-0.4, -0.2) is 28.6 Å². The maximum absolute atomic E-state index is 12.2. The lowest BCUT2D eigenvalue weighted by molar-refractivity contribution is -0.118.